The number of aliphatic imine (C=N–C) groups is 1. The molecule has 3 rings (SSSR count). The summed E-state index contributed by atoms with van der Waals surface area (Å²) >= 11 is 0. The molecular formula is C22H31N7O. The van der Waals surface area contributed by atoms with Gasteiger partial charge in [-0.3, -0.25) is 0 Å². The molecule has 0 aliphatic carbocycles. The highest BCUT2D eigenvalue weighted by Crippen LogP contribution is 2.17. The monoisotopic (exact) mass is 409 g/mol. The highest BCUT2D eigenvalue weighted by molar-refractivity contribution is 5.80. The van der Waals surface area contributed by atoms with Gasteiger partial charge in [0, 0.05) is 19.0 Å². The Morgan fingerprint density at radius 3 is 2.57 bits per heavy atom. The Labute approximate surface area is 177 Å². The van der Waals surface area contributed by atoms with Crippen LogP contribution in [0.3, 0.4) is 0 Å². The van der Waals surface area contributed by atoms with Gasteiger partial charge in [-0.2, -0.15) is 0 Å². The first kappa shape index (κ1) is 21.5. The van der Waals surface area contributed by atoms with Gasteiger partial charge < -0.3 is 19.7 Å². The summed E-state index contributed by atoms with van der Waals surface area (Å²) < 4.78 is 7.45. The smallest absolute Gasteiger partial charge is 0.192 e. The SMILES string of the molecule is CCc1noc(CC)c1CN=C(NCc1nnc(C)n1C)NC(C)c1ccccc1. The fourth-order valence-corrected chi connectivity index (χ4v) is 3.23. The quantitative estimate of drug-likeness (QED) is 0.438. The number of hydrogen-bond acceptors (Lipinski definition) is 5. The highest BCUT2D eigenvalue weighted by Gasteiger charge is 2.15. The van der Waals surface area contributed by atoms with Crippen molar-refractivity contribution in [2.24, 2.45) is 12.0 Å². The molecule has 2 heterocycles. The lowest BCUT2D eigenvalue weighted by Crippen LogP contribution is -2.39. The van der Waals surface area contributed by atoms with E-state index in [-0.39, 0.29) is 6.04 Å². The maximum Gasteiger partial charge on any atom is 0.192 e. The Bertz CT molecular complexity index is 953. The van der Waals surface area contributed by atoms with E-state index in [9.17, 15) is 0 Å². The minimum Gasteiger partial charge on any atom is -0.361 e. The Morgan fingerprint density at radius 1 is 1.17 bits per heavy atom. The maximum atomic E-state index is 5.48. The largest absolute Gasteiger partial charge is 0.361 e. The van der Waals surface area contributed by atoms with E-state index in [2.05, 4.69) is 58.9 Å². The Hall–Kier alpha value is -3.16. The van der Waals surface area contributed by atoms with Gasteiger partial charge in [-0.15, -0.1) is 10.2 Å². The molecule has 0 saturated heterocycles. The standard InChI is InChI=1S/C22H31N7O/c1-6-19-18(20(7-2)30-28-19)13-23-22(24-14-21-27-26-16(4)29(21)5)25-15(3)17-11-9-8-10-12-17/h8-12,15H,6-7,13-14H2,1-5H3,(H2,23,24,25). The number of guanidine groups is 1. The average molecular weight is 410 g/mol. The first-order valence-corrected chi connectivity index (χ1v) is 10.4. The van der Waals surface area contributed by atoms with Crippen LogP contribution in [0.15, 0.2) is 39.8 Å². The molecule has 0 aliphatic rings. The number of nitrogens with one attached hydrogen (secondary N) is 2. The van der Waals surface area contributed by atoms with E-state index in [0.29, 0.717) is 19.0 Å². The molecule has 2 N–H and O–H groups in total. The molecular weight excluding hydrogens is 378 g/mol. The van der Waals surface area contributed by atoms with Gasteiger partial charge >= 0.3 is 0 Å². The first-order valence-electron chi connectivity index (χ1n) is 10.4. The van der Waals surface area contributed by atoms with Crippen molar-refractivity contribution in [1.29, 1.82) is 0 Å². The fourth-order valence-electron chi connectivity index (χ4n) is 3.23. The van der Waals surface area contributed by atoms with Crippen molar-refractivity contribution in [1.82, 2.24) is 30.6 Å². The van der Waals surface area contributed by atoms with Gasteiger partial charge in [-0.1, -0.05) is 49.3 Å². The van der Waals surface area contributed by atoms with Gasteiger partial charge in [0.05, 0.1) is 24.8 Å². The van der Waals surface area contributed by atoms with Crippen molar-refractivity contribution >= 4 is 5.96 Å². The molecule has 160 valence electrons. The molecule has 2 aromatic heterocycles. The lowest BCUT2D eigenvalue weighted by molar-refractivity contribution is 0.380. The van der Waals surface area contributed by atoms with E-state index < -0.39 is 0 Å². The predicted molar refractivity (Wildman–Crippen MR) is 117 cm³/mol. The molecule has 0 bridgehead atoms. The van der Waals surface area contributed by atoms with Crippen LogP contribution in [0.5, 0.6) is 0 Å². The van der Waals surface area contributed by atoms with Gasteiger partial charge in [0.1, 0.15) is 11.6 Å². The summed E-state index contributed by atoms with van der Waals surface area (Å²) in [4.78, 5) is 4.84. The van der Waals surface area contributed by atoms with E-state index in [0.717, 1.165) is 41.5 Å². The first-order chi connectivity index (χ1) is 14.5. The number of aryl methyl sites for hydroxylation is 3. The molecule has 0 fully saturated rings. The Kier molecular flexibility index (Phi) is 7.21. The van der Waals surface area contributed by atoms with Gasteiger partial charge in [-0.25, -0.2) is 4.99 Å². The van der Waals surface area contributed by atoms with Crippen LogP contribution < -0.4 is 10.6 Å². The molecule has 1 atom stereocenters. The zero-order valence-corrected chi connectivity index (χ0v) is 18.4. The third kappa shape index (κ3) is 5.06. The van der Waals surface area contributed by atoms with E-state index in [1.807, 2.05) is 36.7 Å². The van der Waals surface area contributed by atoms with Gasteiger partial charge in [0.15, 0.2) is 11.8 Å². The van der Waals surface area contributed by atoms with Gasteiger partial charge in [-0.05, 0) is 25.8 Å². The molecule has 30 heavy (non-hydrogen) atoms. The molecule has 8 nitrogen and oxygen atoms in total. The second-order valence-corrected chi connectivity index (χ2v) is 7.26. The van der Waals surface area contributed by atoms with Crippen LogP contribution >= 0.6 is 0 Å². The van der Waals surface area contributed by atoms with E-state index >= 15 is 0 Å². The topological polar surface area (TPSA) is 93.2 Å². The molecule has 0 saturated carbocycles. The molecule has 3 aromatic rings. The summed E-state index contributed by atoms with van der Waals surface area (Å²) in [5, 5.41) is 19.4. The summed E-state index contributed by atoms with van der Waals surface area (Å²) in [5.41, 5.74) is 3.23. The van der Waals surface area contributed by atoms with Crippen LogP contribution in [-0.4, -0.2) is 25.9 Å². The average Bonchev–Trinajstić information content (AvgIpc) is 3.32. The third-order valence-corrected chi connectivity index (χ3v) is 5.25. The van der Waals surface area contributed by atoms with Crippen molar-refractivity contribution in [2.45, 2.75) is 59.7 Å². The maximum absolute atomic E-state index is 5.48. The second kappa shape index (κ2) is 10.0. The second-order valence-electron chi connectivity index (χ2n) is 7.26. The minimum atomic E-state index is 0.0949. The van der Waals surface area contributed by atoms with Crippen molar-refractivity contribution in [3.05, 3.63) is 64.6 Å². The zero-order valence-electron chi connectivity index (χ0n) is 18.4. The number of aromatic nitrogens is 4. The van der Waals surface area contributed by atoms with Crippen molar-refractivity contribution in [2.75, 3.05) is 0 Å². The summed E-state index contributed by atoms with van der Waals surface area (Å²) in [6.07, 6.45) is 1.62. The van der Waals surface area contributed by atoms with Crippen LogP contribution in [0.25, 0.3) is 0 Å². The Balaban J connectivity index is 1.80. The summed E-state index contributed by atoms with van der Waals surface area (Å²) in [6.45, 7) is 9.23. The molecule has 1 aromatic carbocycles. The molecule has 1 unspecified atom stereocenters. The summed E-state index contributed by atoms with van der Waals surface area (Å²) in [5.74, 6) is 3.33. The van der Waals surface area contributed by atoms with Crippen molar-refractivity contribution in [3.63, 3.8) is 0 Å². The number of nitrogens with zero attached hydrogens (tertiary/aromatic N) is 5. The lowest BCUT2D eigenvalue weighted by atomic mass is 10.1. The number of hydrogen-bond donors (Lipinski definition) is 2. The molecule has 0 amide bonds. The van der Waals surface area contributed by atoms with Crippen LogP contribution in [-0.2, 0) is 33.0 Å². The summed E-state index contributed by atoms with van der Waals surface area (Å²) in [6, 6.07) is 10.4. The fraction of sp³-hybridized carbons (Fsp3) is 0.455. The van der Waals surface area contributed by atoms with Crippen LogP contribution in [0, 0.1) is 6.92 Å². The molecule has 8 heteroatoms. The summed E-state index contributed by atoms with van der Waals surface area (Å²) in [7, 11) is 1.96. The van der Waals surface area contributed by atoms with Crippen LogP contribution in [0.1, 0.15) is 61.0 Å². The highest BCUT2D eigenvalue weighted by atomic mass is 16.5. The third-order valence-electron chi connectivity index (χ3n) is 5.25. The van der Waals surface area contributed by atoms with Crippen LogP contribution in [0.2, 0.25) is 0 Å². The number of benzene rings is 1. The van der Waals surface area contributed by atoms with Crippen molar-refractivity contribution < 1.29 is 4.52 Å². The number of rotatable bonds is 8. The van der Waals surface area contributed by atoms with Gasteiger partial charge in [0.2, 0.25) is 0 Å². The Morgan fingerprint density at radius 2 is 1.93 bits per heavy atom. The van der Waals surface area contributed by atoms with Crippen molar-refractivity contribution in [3.8, 4) is 0 Å². The van der Waals surface area contributed by atoms with E-state index in [1.165, 1.54) is 5.56 Å². The zero-order chi connectivity index (χ0) is 21.5. The molecule has 0 spiro atoms. The lowest BCUT2D eigenvalue weighted by Gasteiger charge is -2.18. The molecule has 0 aliphatic heterocycles. The van der Waals surface area contributed by atoms with Crippen LogP contribution in [0.4, 0.5) is 0 Å². The normalized spacial score (nSPS) is 12.8. The molecule has 0 radical (unpaired) electrons. The van der Waals surface area contributed by atoms with E-state index in [4.69, 9.17) is 9.52 Å². The minimum absolute atomic E-state index is 0.0949. The van der Waals surface area contributed by atoms with E-state index in [1.54, 1.807) is 0 Å². The predicted octanol–water partition coefficient (Wildman–Crippen LogP) is 3.23. The van der Waals surface area contributed by atoms with Gasteiger partial charge in [0.25, 0.3) is 0 Å².